The molecule has 3 heterocycles. The first-order chi connectivity index (χ1) is 15.8. The van der Waals surface area contributed by atoms with Crippen LogP contribution in [0.15, 0.2) is 40.7 Å². The van der Waals surface area contributed by atoms with Crippen LogP contribution in [0.25, 0.3) is 0 Å². The Morgan fingerprint density at radius 2 is 2.12 bits per heavy atom. The van der Waals surface area contributed by atoms with Crippen LogP contribution < -0.4 is 11.1 Å². The number of aliphatic hydroxyl groups is 1. The Morgan fingerprint density at radius 1 is 1.39 bits per heavy atom. The molecule has 0 spiro atoms. The maximum Gasteiger partial charge on any atom is 0.352 e. The van der Waals surface area contributed by atoms with Crippen LogP contribution >= 0.6 is 23.5 Å². The number of tetrazole rings is 1. The second-order valence-corrected chi connectivity index (χ2v) is 9.82. The molecule has 2 aliphatic rings. The van der Waals surface area contributed by atoms with Gasteiger partial charge in [0.2, 0.25) is 11.1 Å². The maximum absolute atomic E-state index is 12.9. The highest BCUT2D eigenvalue weighted by molar-refractivity contribution is 8.01. The number of aliphatic hydroxyl groups excluding tert-OH is 1. The van der Waals surface area contributed by atoms with Crippen LogP contribution in [0.1, 0.15) is 24.1 Å². The first kappa shape index (κ1) is 23.2. The van der Waals surface area contributed by atoms with E-state index in [0.29, 0.717) is 27.6 Å². The zero-order chi connectivity index (χ0) is 23.7. The number of hydrogen-bond acceptors (Lipinski definition) is 10. The molecule has 2 aliphatic heterocycles. The summed E-state index contributed by atoms with van der Waals surface area (Å²) in [7, 11) is 0. The van der Waals surface area contributed by atoms with Crippen LogP contribution in [-0.4, -0.2) is 75.9 Å². The van der Waals surface area contributed by atoms with Gasteiger partial charge in [-0.1, -0.05) is 36.0 Å². The minimum Gasteiger partial charge on any atom is -0.477 e. The number of carbonyl (C=O) groups is 3. The number of rotatable bonds is 8. The standard InChI is InChI=1S/C19H21N7O5S2/c1-8(33-19-22-24-25-23-19)11-7-32-17-13(16(29)26(17)14(11)18(30)31)21-15(28)12(20)10-4-2-9(6-27)3-5-10/h2-5,8,12-13,17,27H,6-7,20H2,1H3,(H,21,28)(H,30,31)(H,22,23,24,25)/t8?,12?,13-,17+/m1/s1. The molecule has 2 amide bonds. The molecule has 1 aromatic heterocycles. The summed E-state index contributed by atoms with van der Waals surface area (Å²) in [6, 6.07) is 4.72. The topological polar surface area (TPSA) is 187 Å². The van der Waals surface area contributed by atoms with E-state index in [1.807, 2.05) is 6.92 Å². The Balaban J connectivity index is 1.47. The van der Waals surface area contributed by atoms with Crippen molar-refractivity contribution in [2.24, 2.45) is 5.73 Å². The summed E-state index contributed by atoms with van der Waals surface area (Å²) < 4.78 is 0. The van der Waals surface area contributed by atoms with Crippen molar-refractivity contribution in [2.75, 3.05) is 5.75 Å². The van der Waals surface area contributed by atoms with E-state index >= 15 is 0 Å². The van der Waals surface area contributed by atoms with Gasteiger partial charge in [0.1, 0.15) is 23.2 Å². The average Bonchev–Trinajstić information content (AvgIpc) is 3.33. The van der Waals surface area contributed by atoms with Gasteiger partial charge in [0.05, 0.1) is 6.61 Å². The Hall–Kier alpha value is -2.94. The van der Waals surface area contributed by atoms with E-state index in [2.05, 4.69) is 25.9 Å². The quantitative estimate of drug-likeness (QED) is 0.239. The van der Waals surface area contributed by atoms with Crippen molar-refractivity contribution in [1.82, 2.24) is 30.8 Å². The number of fused-ring (bicyclic) bond motifs is 1. The molecule has 2 aromatic rings. The van der Waals surface area contributed by atoms with Gasteiger partial charge in [0.25, 0.3) is 5.91 Å². The third-order valence-electron chi connectivity index (χ3n) is 5.40. The number of hydrogen-bond donors (Lipinski definition) is 5. The fourth-order valence-corrected chi connectivity index (χ4v) is 6.02. The van der Waals surface area contributed by atoms with Gasteiger partial charge in [-0.3, -0.25) is 14.5 Å². The smallest absolute Gasteiger partial charge is 0.352 e. The van der Waals surface area contributed by atoms with Crippen molar-refractivity contribution in [2.45, 2.75) is 41.4 Å². The third kappa shape index (κ3) is 4.46. The monoisotopic (exact) mass is 491 g/mol. The number of carbonyl (C=O) groups excluding carboxylic acids is 2. The largest absolute Gasteiger partial charge is 0.477 e. The van der Waals surface area contributed by atoms with E-state index in [-0.39, 0.29) is 17.6 Å². The Morgan fingerprint density at radius 3 is 2.73 bits per heavy atom. The summed E-state index contributed by atoms with van der Waals surface area (Å²) in [5.41, 5.74) is 7.74. The highest BCUT2D eigenvalue weighted by Gasteiger charge is 2.54. The van der Waals surface area contributed by atoms with Gasteiger partial charge in [0, 0.05) is 11.0 Å². The zero-order valence-electron chi connectivity index (χ0n) is 17.3. The number of nitrogens with zero attached hydrogens (tertiary/aromatic N) is 4. The number of carboxylic acids is 1. The van der Waals surface area contributed by atoms with Crippen LogP contribution in [-0.2, 0) is 21.0 Å². The fraction of sp³-hybridized carbons (Fsp3) is 0.368. The number of amides is 2. The lowest BCUT2D eigenvalue weighted by Crippen LogP contribution is -2.71. The van der Waals surface area contributed by atoms with Crippen LogP contribution in [0.3, 0.4) is 0 Å². The highest BCUT2D eigenvalue weighted by Crippen LogP contribution is 2.43. The molecule has 0 bridgehead atoms. The number of aromatic amines is 1. The molecule has 0 radical (unpaired) electrons. The van der Waals surface area contributed by atoms with Crippen molar-refractivity contribution in [3.05, 3.63) is 46.7 Å². The molecular weight excluding hydrogens is 470 g/mol. The molecule has 0 saturated carbocycles. The summed E-state index contributed by atoms with van der Waals surface area (Å²) >= 11 is 2.60. The van der Waals surface area contributed by atoms with E-state index in [1.165, 1.54) is 28.4 Å². The van der Waals surface area contributed by atoms with Gasteiger partial charge < -0.3 is 21.3 Å². The average molecular weight is 492 g/mol. The van der Waals surface area contributed by atoms with E-state index in [9.17, 15) is 19.5 Å². The fourth-order valence-electron chi connectivity index (χ4n) is 3.61. The first-order valence-corrected chi connectivity index (χ1v) is 11.8. The SMILES string of the molecule is CC(Sc1nn[nH]n1)C1=C(C(=O)O)N2C(=O)[C@@H](NC(=O)C(N)c3ccc(CO)cc3)[C@@H]2SC1. The lowest BCUT2D eigenvalue weighted by molar-refractivity contribution is -0.150. The Kier molecular flexibility index (Phi) is 6.69. The zero-order valence-corrected chi connectivity index (χ0v) is 19.0. The molecule has 174 valence electrons. The highest BCUT2D eigenvalue weighted by atomic mass is 32.2. The molecule has 12 nitrogen and oxygen atoms in total. The van der Waals surface area contributed by atoms with E-state index in [0.717, 1.165) is 0 Å². The molecule has 1 saturated heterocycles. The number of aromatic nitrogens is 4. The van der Waals surface area contributed by atoms with Gasteiger partial charge in [0.15, 0.2) is 0 Å². The summed E-state index contributed by atoms with van der Waals surface area (Å²) in [5.74, 6) is -1.90. The predicted molar refractivity (Wildman–Crippen MR) is 118 cm³/mol. The number of aliphatic carboxylic acids is 1. The molecule has 0 aliphatic carbocycles. The van der Waals surface area contributed by atoms with Gasteiger partial charge in [-0.15, -0.1) is 22.0 Å². The number of carboxylic acid groups (broad SMARTS) is 1. The summed E-state index contributed by atoms with van der Waals surface area (Å²) in [4.78, 5) is 38.8. The lowest BCUT2D eigenvalue weighted by Gasteiger charge is -2.50. The molecule has 1 fully saturated rings. The normalized spacial score (nSPS) is 21.8. The van der Waals surface area contributed by atoms with Crippen LogP contribution in [0.5, 0.6) is 0 Å². The second-order valence-electron chi connectivity index (χ2n) is 7.41. The maximum atomic E-state index is 12.9. The minimum absolute atomic E-state index is 0.0818. The molecule has 2 unspecified atom stereocenters. The van der Waals surface area contributed by atoms with E-state index in [1.54, 1.807) is 24.3 Å². The number of H-pyrrole nitrogens is 1. The van der Waals surface area contributed by atoms with E-state index in [4.69, 9.17) is 10.8 Å². The summed E-state index contributed by atoms with van der Waals surface area (Å²) in [6.07, 6.45) is 0. The molecule has 33 heavy (non-hydrogen) atoms. The molecular formula is C19H21N7O5S2. The Bertz CT molecular complexity index is 1090. The van der Waals surface area contributed by atoms with Crippen molar-refractivity contribution in [1.29, 1.82) is 0 Å². The number of nitrogens with two attached hydrogens (primary N) is 1. The third-order valence-corrected chi connectivity index (χ3v) is 7.72. The number of nitrogens with one attached hydrogen (secondary N) is 2. The molecule has 4 rings (SSSR count). The van der Waals surface area contributed by atoms with Crippen molar-refractivity contribution < 1.29 is 24.6 Å². The summed E-state index contributed by atoms with van der Waals surface area (Å²) in [5, 5.41) is 34.7. The molecule has 14 heteroatoms. The Labute approximate surface area is 196 Å². The lowest BCUT2D eigenvalue weighted by atomic mass is 10.00. The van der Waals surface area contributed by atoms with Crippen molar-refractivity contribution in [3.63, 3.8) is 0 Å². The minimum atomic E-state index is -1.21. The predicted octanol–water partition coefficient (Wildman–Crippen LogP) is -0.389. The molecule has 4 atom stereocenters. The van der Waals surface area contributed by atoms with Crippen molar-refractivity contribution in [3.8, 4) is 0 Å². The summed E-state index contributed by atoms with van der Waals surface area (Å²) in [6.45, 7) is 1.69. The van der Waals surface area contributed by atoms with Crippen LogP contribution in [0.2, 0.25) is 0 Å². The number of thioether (sulfide) groups is 2. The van der Waals surface area contributed by atoms with Crippen LogP contribution in [0.4, 0.5) is 0 Å². The van der Waals surface area contributed by atoms with Gasteiger partial charge in [-0.2, -0.15) is 5.21 Å². The van der Waals surface area contributed by atoms with Gasteiger partial charge in [-0.25, -0.2) is 4.79 Å². The molecule has 6 N–H and O–H groups in total. The molecule has 1 aromatic carbocycles. The van der Waals surface area contributed by atoms with Crippen molar-refractivity contribution >= 4 is 41.3 Å². The van der Waals surface area contributed by atoms with Gasteiger partial charge in [-0.05, 0) is 28.8 Å². The van der Waals surface area contributed by atoms with Gasteiger partial charge >= 0.3 is 5.97 Å². The number of benzene rings is 1. The van der Waals surface area contributed by atoms with Crippen LogP contribution in [0, 0.1) is 0 Å². The number of β-lactam (4-membered cyclic amide) rings is 1. The first-order valence-electron chi connectivity index (χ1n) is 9.88. The second kappa shape index (κ2) is 9.51. The van der Waals surface area contributed by atoms with E-state index < -0.39 is 35.2 Å².